The number of benzene rings is 1. The minimum absolute atomic E-state index is 0.623. The fourth-order valence-electron chi connectivity index (χ4n) is 2.44. The summed E-state index contributed by atoms with van der Waals surface area (Å²) >= 11 is 5.68. The van der Waals surface area contributed by atoms with Crippen LogP contribution in [0.1, 0.15) is 25.8 Å². The molecule has 0 bridgehead atoms. The van der Waals surface area contributed by atoms with E-state index in [1.807, 2.05) is 0 Å². The van der Waals surface area contributed by atoms with E-state index < -0.39 is 0 Å². The minimum atomic E-state index is 0.623. The molecule has 1 unspecified atom stereocenters. The van der Waals surface area contributed by atoms with Crippen molar-refractivity contribution in [2.75, 3.05) is 29.5 Å². The van der Waals surface area contributed by atoms with Gasteiger partial charge in [-0.05, 0) is 37.6 Å². The molecule has 1 fully saturated rings. The van der Waals surface area contributed by atoms with Gasteiger partial charge >= 0.3 is 0 Å². The van der Waals surface area contributed by atoms with Gasteiger partial charge in [0.25, 0.3) is 0 Å². The second-order valence-corrected chi connectivity index (χ2v) is 7.13. The van der Waals surface area contributed by atoms with Gasteiger partial charge in [-0.2, -0.15) is 11.8 Å². The Bertz CT molecular complexity index is 411. The first kappa shape index (κ1) is 15.2. The van der Waals surface area contributed by atoms with Crippen molar-refractivity contribution in [2.24, 2.45) is 0 Å². The lowest BCUT2D eigenvalue weighted by molar-refractivity contribution is 0.660. The van der Waals surface area contributed by atoms with E-state index in [1.165, 1.54) is 33.7 Å². The summed E-state index contributed by atoms with van der Waals surface area (Å²) < 4.78 is 1.17. The molecule has 106 valence electrons. The van der Waals surface area contributed by atoms with Crippen LogP contribution in [-0.4, -0.2) is 30.6 Å². The quantitative estimate of drug-likeness (QED) is 0.817. The van der Waals surface area contributed by atoms with Crippen LogP contribution in [0, 0.1) is 0 Å². The highest BCUT2D eigenvalue weighted by molar-refractivity contribution is 9.10. The zero-order chi connectivity index (χ0) is 13.7. The Labute approximate surface area is 129 Å². The highest BCUT2D eigenvalue weighted by Crippen LogP contribution is 2.30. The SMILES string of the molecule is CCCNCc1ccc(Br)cc1N1CCSCC1C. The monoisotopic (exact) mass is 342 g/mol. The van der Waals surface area contributed by atoms with E-state index in [-0.39, 0.29) is 0 Å². The highest BCUT2D eigenvalue weighted by Gasteiger charge is 2.21. The molecule has 1 aromatic rings. The van der Waals surface area contributed by atoms with Gasteiger partial charge in [-0.3, -0.25) is 0 Å². The Morgan fingerprint density at radius 2 is 2.32 bits per heavy atom. The smallest absolute Gasteiger partial charge is 0.0426 e. The maximum absolute atomic E-state index is 3.61. The number of thioether (sulfide) groups is 1. The predicted octanol–water partition coefficient (Wildman–Crippen LogP) is 3.89. The van der Waals surface area contributed by atoms with Gasteiger partial charge in [0.05, 0.1) is 0 Å². The Balaban J connectivity index is 2.18. The predicted molar refractivity (Wildman–Crippen MR) is 90.3 cm³/mol. The maximum Gasteiger partial charge on any atom is 0.0426 e. The number of hydrogen-bond donors (Lipinski definition) is 1. The third-order valence-corrected chi connectivity index (χ3v) is 5.15. The largest absolute Gasteiger partial charge is 0.367 e. The van der Waals surface area contributed by atoms with Gasteiger partial charge in [-0.15, -0.1) is 0 Å². The lowest BCUT2D eigenvalue weighted by Gasteiger charge is -2.36. The van der Waals surface area contributed by atoms with Gasteiger partial charge in [-0.1, -0.05) is 28.9 Å². The molecule has 1 N–H and O–H groups in total. The van der Waals surface area contributed by atoms with Crippen molar-refractivity contribution in [3.05, 3.63) is 28.2 Å². The lowest BCUT2D eigenvalue weighted by Crippen LogP contribution is -2.41. The third kappa shape index (κ3) is 4.14. The molecule has 1 heterocycles. The van der Waals surface area contributed by atoms with Gasteiger partial charge in [-0.25, -0.2) is 0 Å². The maximum atomic E-state index is 3.61. The average Bonchev–Trinajstić information content (AvgIpc) is 2.41. The second kappa shape index (κ2) is 7.55. The van der Waals surface area contributed by atoms with E-state index in [9.17, 15) is 0 Å². The fraction of sp³-hybridized carbons (Fsp3) is 0.600. The Morgan fingerprint density at radius 3 is 3.05 bits per heavy atom. The molecule has 2 nitrogen and oxygen atoms in total. The van der Waals surface area contributed by atoms with Crippen molar-refractivity contribution in [1.82, 2.24) is 5.32 Å². The summed E-state index contributed by atoms with van der Waals surface area (Å²) in [5.41, 5.74) is 2.81. The summed E-state index contributed by atoms with van der Waals surface area (Å²) in [4.78, 5) is 2.56. The average molecular weight is 343 g/mol. The van der Waals surface area contributed by atoms with Crippen molar-refractivity contribution in [1.29, 1.82) is 0 Å². The normalized spacial score (nSPS) is 19.7. The van der Waals surface area contributed by atoms with Crippen molar-refractivity contribution in [3.63, 3.8) is 0 Å². The molecule has 0 aliphatic carbocycles. The summed E-state index contributed by atoms with van der Waals surface area (Å²) in [6.07, 6.45) is 1.18. The van der Waals surface area contributed by atoms with E-state index in [0.717, 1.165) is 19.6 Å². The van der Waals surface area contributed by atoms with Crippen molar-refractivity contribution < 1.29 is 0 Å². The van der Waals surface area contributed by atoms with Crippen LogP contribution in [0.3, 0.4) is 0 Å². The van der Waals surface area contributed by atoms with Gasteiger partial charge in [0, 0.05) is 40.8 Å². The van der Waals surface area contributed by atoms with Crippen LogP contribution in [0.2, 0.25) is 0 Å². The minimum Gasteiger partial charge on any atom is -0.367 e. The molecule has 1 saturated heterocycles. The van der Waals surface area contributed by atoms with Crippen molar-refractivity contribution in [3.8, 4) is 0 Å². The summed E-state index contributed by atoms with van der Waals surface area (Å²) in [6, 6.07) is 7.29. The van der Waals surface area contributed by atoms with Gasteiger partial charge < -0.3 is 10.2 Å². The lowest BCUT2D eigenvalue weighted by atomic mass is 10.1. The van der Waals surface area contributed by atoms with Crippen LogP contribution in [0.4, 0.5) is 5.69 Å². The summed E-state index contributed by atoms with van der Waals surface area (Å²) in [5.74, 6) is 2.47. The molecular weight excluding hydrogens is 320 g/mol. The molecule has 2 rings (SSSR count). The third-order valence-electron chi connectivity index (χ3n) is 3.47. The number of nitrogens with one attached hydrogen (secondary N) is 1. The molecule has 19 heavy (non-hydrogen) atoms. The first-order valence-electron chi connectivity index (χ1n) is 7.06. The van der Waals surface area contributed by atoms with Crippen LogP contribution in [0.15, 0.2) is 22.7 Å². The van der Waals surface area contributed by atoms with Gasteiger partial charge in [0.2, 0.25) is 0 Å². The summed E-state index contributed by atoms with van der Waals surface area (Å²) in [6.45, 7) is 7.74. The molecule has 0 aromatic heterocycles. The summed E-state index contributed by atoms with van der Waals surface area (Å²) in [7, 11) is 0. The van der Waals surface area contributed by atoms with Crippen molar-refractivity contribution in [2.45, 2.75) is 32.9 Å². The van der Waals surface area contributed by atoms with E-state index in [0.29, 0.717) is 6.04 Å². The Hall–Kier alpha value is -0.190. The molecule has 1 aliphatic rings. The van der Waals surface area contributed by atoms with E-state index in [2.05, 4.69) is 70.0 Å². The number of hydrogen-bond acceptors (Lipinski definition) is 3. The van der Waals surface area contributed by atoms with Crippen LogP contribution >= 0.6 is 27.7 Å². The van der Waals surface area contributed by atoms with Crippen LogP contribution in [0.5, 0.6) is 0 Å². The standard InChI is InChI=1S/C15H23BrN2S/c1-3-6-17-10-13-4-5-14(16)9-15(13)18-7-8-19-11-12(18)2/h4-5,9,12,17H,3,6-8,10-11H2,1-2H3. The first-order chi connectivity index (χ1) is 9.22. The molecule has 0 spiro atoms. The van der Waals surface area contributed by atoms with Gasteiger partial charge in [0.15, 0.2) is 0 Å². The number of anilines is 1. The molecular formula is C15H23BrN2S. The molecule has 0 saturated carbocycles. The Morgan fingerprint density at radius 1 is 1.47 bits per heavy atom. The zero-order valence-corrected chi connectivity index (χ0v) is 14.2. The van der Waals surface area contributed by atoms with Crippen LogP contribution in [0.25, 0.3) is 0 Å². The number of halogens is 1. The molecule has 0 amide bonds. The van der Waals surface area contributed by atoms with Crippen molar-refractivity contribution >= 4 is 33.4 Å². The van der Waals surface area contributed by atoms with Crippen LogP contribution < -0.4 is 10.2 Å². The zero-order valence-electron chi connectivity index (χ0n) is 11.8. The molecule has 0 radical (unpaired) electrons. The van der Waals surface area contributed by atoms with Crippen LogP contribution in [-0.2, 0) is 6.54 Å². The Kier molecular flexibility index (Phi) is 6.05. The molecule has 1 aliphatic heterocycles. The molecule has 1 atom stereocenters. The highest BCUT2D eigenvalue weighted by atomic mass is 79.9. The van der Waals surface area contributed by atoms with Gasteiger partial charge in [0.1, 0.15) is 0 Å². The topological polar surface area (TPSA) is 15.3 Å². The molecule has 4 heteroatoms. The first-order valence-corrected chi connectivity index (χ1v) is 9.00. The van der Waals surface area contributed by atoms with E-state index >= 15 is 0 Å². The van der Waals surface area contributed by atoms with E-state index in [4.69, 9.17) is 0 Å². The molecule has 1 aromatic carbocycles. The fourth-order valence-corrected chi connectivity index (χ4v) is 3.80. The second-order valence-electron chi connectivity index (χ2n) is 5.07. The van der Waals surface area contributed by atoms with E-state index in [1.54, 1.807) is 0 Å². The number of nitrogens with zero attached hydrogens (tertiary/aromatic N) is 1. The summed E-state index contributed by atoms with van der Waals surface area (Å²) in [5, 5.41) is 3.52. The number of rotatable bonds is 5.